The van der Waals surface area contributed by atoms with E-state index in [2.05, 4.69) is 15.5 Å². The maximum absolute atomic E-state index is 12.9. The molecule has 1 aromatic carbocycles. The maximum Gasteiger partial charge on any atom is 0.268 e. The van der Waals surface area contributed by atoms with Crippen molar-refractivity contribution in [2.75, 3.05) is 7.11 Å². The van der Waals surface area contributed by atoms with Crippen LogP contribution in [0, 0.1) is 6.92 Å². The van der Waals surface area contributed by atoms with Crippen molar-refractivity contribution >= 4 is 5.91 Å². The molecule has 0 bridgehead atoms. The Bertz CT molecular complexity index is 1280. The standard InChI is InChI=1S/C23H20N4O4/c1-15-8-10-27(17-6-4-9-24-13-17)23(29)21(15)22(28)25-14-19-12-20(26-31-19)16-5-3-7-18(11-16)30-2/h3-13H,14H2,1-2H3,(H,25,28). The molecule has 0 aliphatic rings. The normalized spacial score (nSPS) is 10.6. The quantitative estimate of drug-likeness (QED) is 0.518. The highest BCUT2D eigenvalue weighted by molar-refractivity contribution is 5.95. The molecule has 4 aromatic rings. The lowest BCUT2D eigenvalue weighted by atomic mass is 10.1. The Hall–Kier alpha value is -4.20. The van der Waals surface area contributed by atoms with Gasteiger partial charge in [-0.3, -0.25) is 19.1 Å². The summed E-state index contributed by atoms with van der Waals surface area (Å²) in [5.74, 6) is 0.687. The molecule has 1 amide bonds. The van der Waals surface area contributed by atoms with E-state index < -0.39 is 11.5 Å². The molecule has 3 aromatic heterocycles. The first-order valence-electron chi connectivity index (χ1n) is 9.57. The van der Waals surface area contributed by atoms with Crippen molar-refractivity contribution in [1.29, 1.82) is 0 Å². The van der Waals surface area contributed by atoms with Crippen LogP contribution >= 0.6 is 0 Å². The molecule has 0 fully saturated rings. The average Bonchev–Trinajstić information content (AvgIpc) is 3.27. The molecule has 8 nitrogen and oxygen atoms in total. The number of pyridine rings is 2. The van der Waals surface area contributed by atoms with Gasteiger partial charge in [0.2, 0.25) is 0 Å². The van der Waals surface area contributed by atoms with Crippen molar-refractivity contribution in [2.24, 2.45) is 0 Å². The third kappa shape index (κ3) is 4.23. The van der Waals surface area contributed by atoms with Crippen LogP contribution in [-0.4, -0.2) is 27.7 Å². The van der Waals surface area contributed by atoms with Gasteiger partial charge in [0.15, 0.2) is 5.76 Å². The molecule has 0 saturated carbocycles. The predicted molar refractivity (Wildman–Crippen MR) is 114 cm³/mol. The van der Waals surface area contributed by atoms with Crippen LogP contribution in [0.3, 0.4) is 0 Å². The lowest BCUT2D eigenvalue weighted by Crippen LogP contribution is -2.33. The van der Waals surface area contributed by atoms with Gasteiger partial charge >= 0.3 is 0 Å². The van der Waals surface area contributed by atoms with Gasteiger partial charge in [-0.1, -0.05) is 17.3 Å². The summed E-state index contributed by atoms with van der Waals surface area (Å²) in [6.45, 7) is 1.82. The third-order valence-corrected chi connectivity index (χ3v) is 4.80. The Morgan fingerprint density at radius 1 is 1.19 bits per heavy atom. The van der Waals surface area contributed by atoms with E-state index in [1.165, 1.54) is 4.57 Å². The van der Waals surface area contributed by atoms with Crippen LogP contribution < -0.4 is 15.6 Å². The van der Waals surface area contributed by atoms with Crippen molar-refractivity contribution in [3.63, 3.8) is 0 Å². The van der Waals surface area contributed by atoms with E-state index in [-0.39, 0.29) is 12.1 Å². The van der Waals surface area contributed by atoms with Crippen LogP contribution in [0.25, 0.3) is 16.9 Å². The van der Waals surface area contributed by atoms with Crippen molar-refractivity contribution in [3.05, 3.63) is 94.4 Å². The second-order valence-corrected chi connectivity index (χ2v) is 6.85. The molecule has 0 radical (unpaired) electrons. The fourth-order valence-corrected chi connectivity index (χ4v) is 3.17. The lowest BCUT2D eigenvalue weighted by molar-refractivity contribution is 0.0944. The molecule has 8 heteroatoms. The first kappa shape index (κ1) is 20.1. The van der Waals surface area contributed by atoms with Crippen LogP contribution in [0.2, 0.25) is 0 Å². The summed E-state index contributed by atoms with van der Waals surface area (Å²) < 4.78 is 12.0. The molecular formula is C23H20N4O4. The number of ether oxygens (including phenoxy) is 1. The molecule has 0 saturated heterocycles. The van der Waals surface area contributed by atoms with E-state index in [9.17, 15) is 9.59 Å². The second-order valence-electron chi connectivity index (χ2n) is 6.85. The summed E-state index contributed by atoms with van der Waals surface area (Å²) in [7, 11) is 1.59. The Labute approximate surface area is 178 Å². The number of nitrogens with zero attached hydrogens (tertiary/aromatic N) is 3. The smallest absolute Gasteiger partial charge is 0.268 e. The number of carbonyl (C=O) groups is 1. The number of methoxy groups -OCH3 is 1. The molecule has 0 aliphatic heterocycles. The van der Waals surface area contributed by atoms with Gasteiger partial charge in [0.1, 0.15) is 17.0 Å². The number of hydrogen-bond donors (Lipinski definition) is 1. The summed E-state index contributed by atoms with van der Waals surface area (Å²) in [5.41, 5.74) is 2.27. The van der Waals surface area contributed by atoms with Crippen LogP contribution in [0.1, 0.15) is 21.7 Å². The number of aromatic nitrogens is 3. The van der Waals surface area contributed by atoms with E-state index in [4.69, 9.17) is 9.26 Å². The van der Waals surface area contributed by atoms with Crippen LogP contribution in [-0.2, 0) is 6.54 Å². The van der Waals surface area contributed by atoms with Gasteiger partial charge in [-0.05, 0) is 42.8 Å². The Kier molecular flexibility index (Phi) is 5.61. The molecule has 0 aliphatic carbocycles. The highest BCUT2D eigenvalue weighted by Crippen LogP contribution is 2.23. The molecule has 4 rings (SSSR count). The number of amides is 1. The molecule has 0 atom stereocenters. The topological polar surface area (TPSA) is 99.2 Å². The minimum absolute atomic E-state index is 0.0684. The van der Waals surface area contributed by atoms with E-state index in [1.54, 1.807) is 56.9 Å². The predicted octanol–water partition coefficient (Wildman–Crippen LogP) is 3.13. The fourth-order valence-electron chi connectivity index (χ4n) is 3.17. The molecule has 0 unspecified atom stereocenters. The number of benzene rings is 1. The Morgan fingerprint density at radius 2 is 2.06 bits per heavy atom. The summed E-state index contributed by atoms with van der Waals surface area (Å²) in [6, 6.07) is 14.4. The van der Waals surface area contributed by atoms with Gasteiger partial charge in [0.25, 0.3) is 11.5 Å². The molecule has 156 valence electrons. The average molecular weight is 416 g/mol. The number of rotatable bonds is 6. The number of carbonyl (C=O) groups excluding carboxylic acids is 1. The van der Waals surface area contributed by atoms with Crippen LogP contribution in [0.15, 0.2) is 76.4 Å². The number of aryl methyl sites for hydroxylation is 1. The second kappa shape index (κ2) is 8.66. The fraction of sp³-hybridized carbons (Fsp3) is 0.130. The SMILES string of the molecule is COc1cccc(-c2cc(CNC(=O)c3c(C)ccn(-c4cccnc4)c3=O)on2)c1. The van der Waals surface area contributed by atoms with Crippen molar-refractivity contribution in [2.45, 2.75) is 13.5 Å². The summed E-state index contributed by atoms with van der Waals surface area (Å²) >= 11 is 0. The third-order valence-electron chi connectivity index (χ3n) is 4.80. The van der Waals surface area contributed by atoms with E-state index in [1.807, 2.05) is 24.3 Å². The maximum atomic E-state index is 12.9. The largest absolute Gasteiger partial charge is 0.497 e. The molecule has 0 spiro atoms. The van der Waals surface area contributed by atoms with Crippen molar-refractivity contribution in [1.82, 2.24) is 20.0 Å². The number of hydrogen-bond acceptors (Lipinski definition) is 6. The summed E-state index contributed by atoms with van der Waals surface area (Å²) in [5, 5.41) is 6.78. The molecule has 1 N–H and O–H groups in total. The minimum Gasteiger partial charge on any atom is -0.497 e. The van der Waals surface area contributed by atoms with E-state index in [0.29, 0.717) is 28.5 Å². The first-order valence-corrected chi connectivity index (χ1v) is 9.57. The lowest BCUT2D eigenvalue weighted by Gasteiger charge is -2.10. The Morgan fingerprint density at radius 3 is 2.84 bits per heavy atom. The van der Waals surface area contributed by atoms with Crippen LogP contribution in [0.4, 0.5) is 0 Å². The van der Waals surface area contributed by atoms with Crippen LogP contribution in [0.5, 0.6) is 5.75 Å². The zero-order chi connectivity index (χ0) is 21.8. The highest BCUT2D eigenvalue weighted by atomic mass is 16.5. The van der Waals surface area contributed by atoms with Gasteiger partial charge in [-0.25, -0.2) is 0 Å². The highest BCUT2D eigenvalue weighted by Gasteiger charge is 2.17. The minimum atomic E-state index is -0.486. The molecular weight excluding hydrogens is 396 g/mol. The van der Waals surface area contributed by atoms with E-state index >= 15 is 0 Å². The summed E-state index contributed by atoms with van der Waals surface area (Å²) in [4.78, 5) is 29.7. The molecule has 3 heterocycles. The van der Waals surface area contributed by atoms with Gasteiger partial charge in [0.05, 0.1) is 25.5 Å². The van der Waals surface area contributed by atoms with Gasteiger partial charge < -0.3 is 14.6 Å². The molecule has 31 heavy (non-hydrogen) atoms. The van der Waals surface area contributed by atoms with E-state index in [0.717, 1.165) is 5.56 Å². The zero-order valence-electron chi connectivity index (χ0n) is 17.0. The van der Waals surface area contributed by atoms with Gasteiger partial charge in [0, 0.05) is 24.0 Å². The zero-order valence-corrected chi connectivity index (χ0v) is 17.0. The van der Waals surface area contributed by atoms with Gasteiger partial charge in [-0.15, -0.1) is 0 Å². The Balaban J connectivity index is 1.52. The number of nitrogens with one attached hydrogen (secondary N) is 1. The monoisotopic (exact) mass is 416 g/mol. The summed E-state index contributed by atoms with van der Waals surface area (Å²) in [6.07, 6.45) is 4.81. The van der Waals surface area contributed by atoms with Crippen molar-refractivity contribution < 1.29 is 14.1 Å². The van der Waals surface area contributed by atoms with Crippen molar-refractivity contribution in [3.8, 4) is 22.7 Å². The van der Waals surface area contributed by atoms with Gasteiger partial charge in [-0.2, -0.15) is 0 Å². The first-order chi connectivity index (χ1) is 15.1.